The molecule has 12 heteroatoms. The lowest BCUT2D eigenvalue weighted by Crippen LogP contribution is -2.09. The third-order valence-electron chi connectivity index (χ3n) is 4.86. The number of rotatable bonds is 11. The Morgan fingerprint density at radius 2 is 2.03 bits per heavy atom. The lowest BCUT2D eigenvalue weighted by Gasteiger charge is -2.14. The van der Waals surface area contributed by atoms with Gasteiger partial charge in [0.25, 0.3) is 0 Å². The highest BCUT2D eigenvalue weighted by atomic mass is 32.2. The molecule has 1 aromatic heterocycles. The van der Waals surface area contributed by atoms with E-state index >= 15 is 0 Å². The number of thioether (sulfide) groups is 1. The molecule has 0 saturated carbocycles. The van der Waals surface area contributed by atoms with E-state index in [1.54, 1.807) is 42.8 Å². The second-order valence-electron chi connectivity index (χ2n) is 7.78. The minimum absolute atomic E-state index is 0.0682. The first kappa shape index (κ1) is 26.7. The summed E-state index contributed by atoms with van der Waals surface area (Å²) in [6.07, 6.45) is 1.79. The predicted octanol–water partition coefficient (Wildman–Crippen LogP) is 4.51. The fraction of sp³-hybridized carbons (Fsp3) is 0.333. The number of nitro groups is 1. The number of aromatic nitrogens is 3. The Bertz CT molecular complexity index is 1270. The fourth-order valence-electron chi connectivity index (χ4n) is 3.22. The fourth-order valence-corrected chi connectivity index (χ4v) is 4.07. The lowest BCUT2D eigenvalue weighted by atomic mass is 10.1. The molecule has 36 heavy (non-hydrogen) atoms. The molecule has 1 heterocycles. The normalized spacial score (nSPS) is 11.2. The zero-order chi connectivity index (χ0) is 26.2. The van der Waals surface area contributed by atoms with Crippen molar-refractivity contribution in [2.24, 2.45) is 5.10 Å². The molecule has 2 aromatic carbocycles. The summed E-state index contributed by atoms with van der Waals surface area (Å²) in [5.41, 5.74) is 1.60. The molecule has 0 bridgehead atoms. The summed E-state index contributed by atoms with van der Waals surface area (Å²) in [5, 5.41) is 25.1. The number of methoxy groups -OCH3 is 2. The van der Waals surface area contributed by atoms with Gasteiger partial charge in [-0.05, 0) is 37.6 Å². The summed E-state index contributed by atoms with van der Waals surface area (Å²) < 4.78 is 17.3. The second kappa shape index (κ2) is 12.2. The number of carbonyl (C=O) groups excluding carboxylic acids is 1. The van der Waals surface area contributed by atoms with Gasteiger partial charge in [-0.25, -0.2) is 4.79 Å². The maximum atomic E-state index is 11.8. The minimum Gasteiger partial charge on any atom is -0.493 e. The molecule has 0 amide bonds. The van der Waals surface area contributed by atoms with Crippen molar-refractivity contribution in [1.82, 2.24) is 14.9 Å². The molecule has 0 atom stereocenters. The van der Waals surface area contributed by atoms with Crippen molar-refractivity contribution in [2.45, 2.75) is 44.2 Å². The van der Waals surface area contributed by atoms with Gasteiger partial charge in [-0.3, -0.25) is 10.1 Å². The Morgan fingerprint density at radius 3 is 2.67 bits per heavy atom. The second-order valence-corrected chi connectivity index (χ2v) is 8.73. The van der Waals surface area contributed by atoms with E-state index in [4.69, 9.17) is 14.2 Å². The van der Waals surface area contributed by atoms with E-state index in [1.165, 1.54) is 38.3 Å². The number of esters is 1. The average Bonchev–Trinajstić information content (AvgIpc) is 3.27. The Labute approximate surface area is 212 Å². The summed E-state index contributed by atoms with van der Waals surface area (Å²) in [6.45, 7) is 5.49. The third-order valence-corrected chi connectivity index (χ3v) is 5.85. The molecule has 0 spiro atoms. The van der Waals surface area contributed by atoms with Crippen LogP contribution in [-0.4, -0.2) is 52.3 Å². The highest BCUT2D eigenvalue weighted by molar-refractivity contribution is 7.98. The van der Waals surface area contributed by atoms with Crippen LogP contribution in [0.5, 0.6) is 11.5 Å². The number of carbonyl (C=O) groups is 1. The van der Waals surface area contributed by atoms with E-state index in [-0.39, 0.29) is 23.3 Å². The van der Waals surface area contributed by atoms with Crippen LogP contribution in [-0.2, 0) is 16.9 Å². The van der Waals surface area contributed by atoms with Crippen LogP contribution in [0.15, 0.2) is 46.7 Å². The smallest absolute Gasteiger partial charge is 0.337 e. The lowest BCUT2D eigenvalue weighted by molar-refractivity contribution is -0.386. The molecule has 3 rings (SSSR count). The van der Waals surface area contributed by atoms with Crippen molar-refractivity contribution < 1.29 is 23.9 Å². The van der Waals surface area contributed by atoms with Gasteiger partial charge in [0, 0.05) is 23.8 Å². The molecule has 3 aromatic rings. The first-order valence-electron chi connectivity index (χ1n) is 11.1. The van der Waals surface area contributed by atoms with Gasteiger partial charge in [0.05, 0.1) is 37.0 Å². The summed E-state index contributed by atoms with van der Waals surface area (Å²) in [5.74, 6) is 1.04. The molecule has 0 unspecified atom stereocenters. The van der Waals surface area contributed by atoms with Crippen LogP contribution in [0.2, 0.25) is 0 Å². The first-order chi connectivity index (χ1) is 17.3. The number of nitro benzene ring substituents is 1. The van der Waals surface area contributed by atoms with Gasteiger partial charge in [-0.2, -0.15) is 9.78 Å². The standard InChI is InChI=1S/C24H27N5O6S/c1-6-21-26-27-24(36-14-16-8-7-9-18(10-16)23(30)34-5)28(21)25-13-17-11-19(29(31)32)22(35-15(2)3)20(12-17)33-4/h7-13,15H,6,14H2,1-5H3/b25-13-. The van der Waals surface area contributed by atoms with Crippen molar-refractivity contribution in [3.8, 4) is 11.5 Å². The maximum absolute atomic E-state index is 11.8. The zero-order valence-corrected chi connectivity index (χ0v) is 21.4. The Morgan fingerprint density at radius 1 is 1.25 bits per heavy atom. The van der Waals surface area contributed by atoms with Crippen molar-refractivity contribution in [1.29, 1.82) is 0 Å². The predicted molar refractivity (Wildman–Crippen MR) is 135 cm³/mol. The number of benzene rings is 2. The van der Waals surface area contributed by atoms with Crippen molar-refractivity contribution in [3.05, 3.63) is 69.0 Å². The topological polar surface area (TPSA) is 131 Å². The van der Waals surface area contributed by atoms with Gasteiger partial charge >= 0.3 is 11.7 Å². The van der Waals surface area contributed by atoms with Crippen LogP contribution in [0.3, 0.4) is 0 Å². The van der Waals surface area contributed by atoms with Gasteiger partial charge in [0.2, 0.25) is 10.9 Å². The van der Waals surface area contributed by atoms with Crippen molar-refractivity contribution in [2.75, 3.05) is 14.2 Å². The monoisotopic (exact) mass is 513 g/mol. The van der Waals surface area contributed by atoms with E-state index in [0.717, 1.165) is 5.56 Å². The van der Waals surface area contributed by atoms with Gasteiger partial charge in [0.15, 0.2) is 11.6 Å². The van der Waals surface area contributed by atoms with E-state index in [0.29, 0.717) is 34.3 Å². The number of hydrogen-bond acceptors (Lipinski definition) is 10. The largest absolute Gasteiger partial charge is 0.493 e. The van der Waals surface area contributed by atoms with Crippen molar-refractivity contribution in [3.63, 3.8) is 0 Å². The van der Waals surface area contributed by atoms with E-state index in [2.05, 4.69) is 15.3 Å². The van der Waals surface area contributed by atoms with Gasteiger partial charge in [-0.15, -0.1) is 10.2 Å². The maximum Gasteiger partial charge on any atom is 0.337 e. The molecule has 0 radical (unpaired) electrons. The molecule has 0 N–H and O–H groups in total. The van der Waals surface area contributed by atoms with Gasteiger partial charge in [0.1, 0.15) is 0 Å². The molecule has 0 aliphatic heterocycles. The number of hydrogen-bond donors (Lipinski definition) is 0. The Kier molecular flexibility index (Phi) is 9.01. The van der Waals surface area contributed by atoms with Gasteiger partial charge in [-0.1, -0.05) is 30.8 Å². The van der Waals surface area contributed by atoms with Crippen LogP contribution in [0.1, 0.15) is 48.1 Å². The average molecular weight is 514 g/mol. The van der Waals surface area contributed by atoms with Crippen LogP contribution in [0.25, 0.3) is 0 Å². The molecule has 0 saturated heterocycles. The van der Waals surface area contributed by atoms with Crippen molar-refractivity contribution >= 4 is 29.6 Å². The van der Waals surface area contributed by atoms with E-state index < -0.39 is 10.9 Å². The molecule has 0 aliphatic carbocycles. The molecule has 0 fully saturated rings. The quantitative estimate of drug-likeness (QED) is 0.119. The number of ether oxygens (including phenoxy) is 3. The minimum atomic E-state index is -0.516. The SMILES string of the molecule is CCc1nnc(SCc2cccc(C(=O)OC)c2)n1/N=C\c1cc(OC)c(OC(C)C)c([N+](=O)[O-])c1. The first-order valence-corrected chi connectivity index (χ1v) is 12.1. The summed E-state index contributed by atoms with van der Waals surface area (Å²) >= 11 is 1.40. The third kappa shape index (κ3) is 6.39. The van der Waals surface area contributed by atoms with Crippen LogP contribution in [0.4, 0.5) is 5.69 Å². The van der Waals surface area contributed by atoms with Crippen LogP contribution < -0.4 is 9.47 Å². The molecular weight excluding hydrogens is 486 g/mol. The number of aryl methyl sites for hydroxylation is 1. The summed E-state index contributed by atoms with van der Waals surface area (Å²) in [4.78, 5) is 23.0. The zero-order valence-electron chi connectivity index (χ0n) is 20.6. The molecule has 0 aliphatic rings. The number of nitrogens with zero attached hydrogens (tertiary/aromatic N) is 5. The molecular formula is C24H27N5O6S. The molecule has 11 nitrogen and oxygen atoms in total. The van der Waals surface area contributed by atoms with Crippen LogP contribution in [0, 0.1) is 10.1 Å². The molecule has 190 valence electrons. The summed E-state index contributed by atoms with van der Waals surface area (Å²) in [7, 11) is 2.76. The Balaban J connectivity index is 1.89. The Hall–Kier alpha value is -3.93. The van der Waals surface area contributed by atoms with E-state index in [9.17, 15) is 14.9 Å². The highest BCUT2D eigenvalue weighted by Crippen LogP contribution is 2.38. The van der Waals surface area contributed by atoms with Crippen LogP contribution >= 0.6 is 11.8 Å². The van der Waals surface area contributed by atoms with Gasteiger partial charge < -0.3 is 14.2 Å². The van der Waals surface area contributed by atoms with E-state index in [1.807, 2.05) is 13.0 Å². The summed E-state index contributed by atoms with van der Waals surface area (Å²) in [6, 6.07) is 10.1. The highest BCUT2D eigenvalue weighted by Gasteiger charge is 2.23.